The van der Waals surface area contributed by atoms with Crippen molar-refractivity contribution in [3.05, 3.63) is 82.9 Å². The van der Waals surface area contributed by atoms with Crippen LogP contribution in [0.15, 0.2) is 65.6 Å². The zero-order chi connectivity index (χ0) is 29.6. The van der Waals surface area contributed by atoms with E-state index in [1.807, 2.05) is 51.1 Å². The van der Waals surface area contributed by atoms with Gasteiger partial charge in [-0.2, -0.15) is 0 Å². The SMILES string of the molecule is CNC(=O)[C@@H](C)N(Cc1cccc(C)c1)C(=O)CN(c1cc(C)cc(C)c1)S(=O)(=O)c1ccc(OC)c(OC)c1. The van der Waals surface area contributed by atoms with Gasteiger partial charge in [-0.15, -0.1) is 0 Å². The minimum Gasteiger partial charge on any atom is -0.493 e. The maximum atomic E-state index is 14.1. The third kappa shape index (κ3) is 6.93. The summed E-state index contributed by atoms with van der Waals surface area (Å²) in [7, 11) is 0.123. The van der Waals surface area contributed by atoms with Gasteiger partial charge in [0.25, 0.3) is 10.0 Å². The Morgan fingerprint density at radius 1 is 0.875 bits per heavy atom. The molecule has 0 spiro atoms. The van der Waals surface area contributed by atoms with E-state index in [0.29, 0.717) is 11.4 Å². The van der Waals surface area contributed by atoms with Crippen LogP contribution in [0.3, 0.4) is 0 Å². The van der Waals surface area contributed by atoms with E-state index in [1.165, 1.54) is 44.4 Å². The van der Waals surface area contributed by atoms with Crippen LogP contribution in [0.5, 0.6) is 11.5 Å². The zero-order valence-corrected chi connectivity index (χ0v) is 24.8. The standard InChI is InChI=1S/C30H37N3O6S/c1-20-9-8-10-24(14-20)18-32(23(4)30(35)31-5)29(34)19-33(25-15-21(2)13-22(3)16-25)40(36,37)26-11-12-27(38-6)28(17-26)39-7/h8-17,23H,18-19H2,1-7H3,(H,31,35)/t23-/m1/s1. The molecule has 0 saturated heterocycles. The molecule has 9 nitrogen and oxygen atoms in total. The Morgan fingerprint density at radius 2 is 1.52 bits per heavy atom. The van der Waals surface area contributed by atoms with Crippen LogP contribution in [-0.4, -0.2) is 59.0 Å². The molecule has 0 aliphatic carbocycles. The number of aryl methyl sites for hydroxylation is 3. The van der Waals surface area contributed by atoms with Gasteiger partial charge < -0.3 is 19.7 Å². The van der Waals surface area contributed by atoms with Crippen molar-refractivity contribution in [3.8, 4) is 11.5 Å². The van der Waals surface area contributed by atoms with Gasteiger partial charge in [-0.05, 0) is 68.7 Å². The Bertz CT molecular complexity index is 1470. The van der Waals surface area contributed by atoms with Crippen molar-refractivity contribution in [1.29, 1.82) is 0 Å². The second kappa shape index (κ2) is 12.9. The van der Waals surface area contributed by atoms with Gasteiger partial charge in [0.05, 0.1) is 24.8 Å². The molecule has 3 aromatic carbocycles. The highest BCUT2D eigenvalue weighted by Crippen LogP contribution is 2.33. The highest BCUT2D eigenvalue weighted by molar-refractivity contribution is 7.92. The molecule has 0 aromatic heterocycles. The lowest BCUT2D eigenvalue weighted by Crippen LogP contribution is -2.50. The van der Waals surface area contributed by atoms with Crippen LogP contribution in [0.2, 0.25) is 0 Å². The van der Waals surface area contributed by atoms with Gasteiger partial charge in [0, 0.05) is 19.7 Å². The van der Waals surface area contributed by atoms with E-state index in [-0.39, 0.29) is 23.1 Å². The number of carbonyl (C=O) groups is 2. The molecule has 0 aliphatic heterocycles. The highest BCUT2D eigenvalue weighted by Gasteiger charge is 2.33. The van der Waals surface area contributed by atoms with E-state index in [2.05, 4.69) is 5.32 Å². The molecule has 1 N–H and O–H groups in total. The number of nitrogens with one attached hydrogen (secondary N) is 1. The maximum Gasteiger partial charge on any atom is 0.264 e. The Morgan fingerprint density at radius 3 is 2.10 bits per heavy atom. The Kier molecular flexibility index (Phi) is 9.81. The average Bonchev–Trinajstić information content (AvgIpc) is 2.92. The van der Waals surface area contributed by atoms with Crippen LogP contribution >= 0.6 is 0 Å². The first-order valence-electron chi connectivity index (χ1n) is 12.8. The Hall–Kier alpha value is -4.05. The fourth-order valence-corrected chi connectivity index (χ4v) is 5.94. The third-order valence-electron chi connectivity index (χ3n) is 6.57. The summed E-state index contributed by atoms with van der Waals surface area (Å²) in [6.45, 7) is 6.89. The van der Waals surface area contributed by atoms with Crippen molar-refractivity contribution in [2.24, 2.45) is 0 Å². The monoisotopic (exact) mass is 567 g/mol. The summed E-state index contributed by atoms with van der Waals surface area (Å²) < 4.78 is 39.9. The average molecular weight is 568 g/mol. The molecule has 1 atom stereocenters. The van der Waals surface area contributed by atoms with Gasteiger partial charge in [-0.3, -0.25) is 13.9 Å². The van der Waals surface area contributed by atoms with Crippen molar-refractivity contribution in [2.75, 3.05) is 32.1 Å². The van der Waals surface area contributed by atoms with Crippen molar-refractivity contribution < 1.29 is 27.5 Å². The summed E-state index contributed by atoms with van der Waals surface area (Å²) >= 11 is 0. The van der Waals surface area contributed by atoms with Crippen LogP contribution in [0, 0.1) is 20.8 Å². The smallest absolute Gasteiger partial charge is 0.264 e. The van der Waals surface area contributed by atoms with E-state index in [9.17, 15) is 18.0 Å². The number of hydrogen-bond acceptors (Lipinski definition) is 6. The van der Waals surface area contributed by atoms with Gasteiger partial charge in [0.15, 0.2) is 11.5 Å². The lowest BCUT2D eigenvalue weighted by molar-refractivity contribution is -0.139. The molecule has 0 aliphatic rings. The van der Waals surface area contributed by atoms with Crippen LogP contribution in [0.25, 0.3) is 0 Å². The lowest BCUT2D eigenvalue weighted by Gasteiger charge is -2.32. The highest BCUT2D eigenvalue weighted by atomic mass is 32.2. The normalized spacial score (nSPS) is 11.9. The third-order valence-corrected chi connectivity index (χ3v) is 8.34. The molecule has 3 rings (SSSR count). The summed E-state index contributed by atoms with van der Waals surface area (Å²) in [4.78, 5) is 27.9. The molecule has 0 heterocycles. The van der Waals surface area contributed by atoms with E-state index in [0.717, 1.165) is 26.6 Å². The summed E-state index contributed by atoms with van der Waals surface area (Å²) in [5.41, 5.74) is 3.84. The van der Waals surface area contributed by atoms with E-state index in [4.69, 9.17) is 9.47 Å². The second-order valence-corrected chi connectivity index (χ2v) is 11.5. The molecular formula is C30H37N3O6S. The molecule has 2 amide bonds. The lowest BCUT2D eigenvalue weighted by atomic mass is 10.1. The molecular weight excluding hydrogens is 530 g/mol. The number of carbonyl (C=O) groups excluding carboxylic acids is 2. The number of benzene rings is 3. The van der Waals surface area contributed by atoms with Gasteiger partial charge in [-0.25, -0.2) is 8.42 Å². The van der Waals surface area contributed by atoms with Crippen molar-refractivity contribution in [3.63, 3.8) is 0 Å². The number of hydrogen-bond donors (Lipinski definition) is 1. The van der Waals surface area contributed by atoms with Gasteiger partial charge in [0.2, 0.25) is 11.8 Å². The molecule has 0 radical (unpaired) electrons. The fraction of sp³-hybridized carbons (Fsp3) is 0.333. The molecule has 0 saturated carbocycles. The van der Waals surface area contributed by atoms with Crippen molar-refractivity contribution in [1.82, 2.24) is 10.2 Å². The Balaban J connectivity index is 2.11. The van der Waals surface area contributed by atoms with Crippen molar-refractivity contribution >= 4 is 27.5 Å². The summed E-state index contributed by atoms with van der Waals surface area (Å²) in [5.74, 6) is -0.272. The van der Waals surface area contributed by atoms with Crippen LogP contribution in [0.4, 0.5) is 5.69 Å². The molecule has 0 bridgehead atoms. The first kappa shape index (κ1) is 30.5. The molecule has 0 fully saturated rings. The predicted octanol–water partition coefficient (Wildman–Crippen LogP) is 3.99. The number of nitrogens with zero attached hydrogens (tertiary/aromatic N) is 2. The number of ether oxygens (including phenoxy) is 2. The zero-order valence-electron chi connectivity index (χ0n) is 24.0. The molecule has 214 valence electrons. The van der Waals surface area contributed by atoms with Crippen LogP contribution < -0.4 is 19.1 Å². The minimum atomic E-state index is -4.26. The number of sulfonamides is 1. The first-order chi connectivity index (χ1) is 18.9. The summed E-state index contributed by atoms with van der Waals surface area (Å²) in [6, 6.07) is 16.4. The topological polar surface area (TPSA) is 105 Å². The number of methoxy groups -OCH3 is 2. The largest absolute Gasteiger partial charge is 0.493 e. The van der Waals surface area contributed by atoms with Crippen molar-refractivity contribution in [2.45, 2.75) is 45.2 Å². The number of likely N-dealkylation sites (N-methyl/N-ethyl adjacent to an activating group) is 1. The fourth-order valence-electron chi connectivity index (χ4n) is 4.53. The van der Waals surface area contributed by atoms with Crippen LogP contribution in [0.1, 0.15) is 29.2 Å². The van der Waals surface area contributed by atoms with E-state index < -0.39 is 28.5 Å². The number of amides is 2. The summed E-state index contributed by atoms with van der Waals surface area (Å²) in [5, 5.41) is 2.59. The second-order valence-electron chi connectivity index (χ2n) is 9.68. The number of rotatable bonds is 11. The minimum absolute atomic E-state index is 0.0679. The molecule has 3 aromatic rings. The molecule has 10 heteroatoms. The Labute approximate surface area is 236 Å². The van der Waals surface area contributed by atoms with Gasteiger partial charge in [0.1, 0.15) is 12.6 Å². The van der Waals surface area contributed by atoms with Gasteiger partial charge in [-0.1, -0.05) is 35.9 Å². The first-order valence-corrected chi connectivity index (χ1v) is 14.2. The summed E-state index contributed by atoms with van der Waals surface area (Å²) in [6.07, 6.45) is 0. The van der Waals surface area contributed by atoms with Gasteiger partial charge >= 0.3 is 0 Å². The van der Waals surface area contributed by atoms with E-state index in [1.54, 1.807) is 19.1 Å². The molecule has 40 heavy (non-hydrogen) atoms. The molecule has 0 unspecified atom stereocenters. The maximum absolute atomic E-state index is 14.1. The number of anilines is 1. The van der Waals surface area contributed by atoms with E-state index >= 15 is 0 Å². The quantitative estimate of drug-likeness (QED) is 0.376. The van der Waals surface area contributed by atoms with Crippen LogP contribution in [-0.2, 0) is 26.2 Å². The predicted molar refractivity (Wildman–Crippen MR) is 155 cm³/mol.